The van der Waals surface area contributed by atoms with Gasteiger partial charge in [0.1, 0.15) is 5.84 Å². The molecule has 0 aromatic carbocycles. The number of rotatable bonds is 5. The van der Waals surface area contributed by atoms with Crippen molar-refractivity contribution in [1.82, 2.24) is 14.8 Å². The smallest absolute Gasteiger partial charge is 0.262 e. The van der Waals surface area contributed by atoms with Gasteiger partial charge in [-0.15, -0.1) is 0 Å². The Bertz CT molecular complexity index is 795. The standard InChI is InChI=1S/C20H28F2N6O/c21-20(22)12-19(5-8-27(9-6-19)10-7-23)28(13-20)11-14-1-4-17(29-14)15-2-3-16(26-15)18(24)25/h2-3,14,17,26H,1,4-6,8-13H2,(H3,24,25)/t14-,17+/m0/s1. The van der Waals surface area contributed by atoms with Gasteiger partial charge < -0.3 is 15.5 Å². The number of ether oxygens (including phenoxy) is 1. The van der Waals surface area contributed by atoms with Crippen LogP contribution in [0.4, 0.5) is 8.78 Å². The molecule has 29 heavy (non-hydrogen) atoms. The number of aromatic amines is 1. The van der Waals surface area contributed by atoms with Crippen molar-refractivity contribution in [2.24, 2.45) is 5.73 Å². The molecule has 3 aliphatic rings. The summed E-state index contributed by atoms with van der Waals surface area (Å²) in [6.07, 6.45) is 2.65. The van der Waals surface area contributed by atoms with Gasteiger partial charge in [-0.3, -0.25) is 15.2 Å². The van der Waals surface area contributed by atoms with Gasteiger partial charge in [-0.2, -0.15) is 5.26 Å². The number of nitriles is 1. The summed E-state index contributed by atoms with van der Waals surface area (Å²) in [5.41, 5.74) is 6.46. The molecular weight excluding hydrogens is 378 g/mol. The average Bonchev–Trinajstić information content (AvgIpc) is 3.36. The van der Waals surface area contributed by atoms with Crippen LogP contribution in [-0.4, -0.2) is 70.9 Å². The van der Waals surface area contributed by atoms with Gasteiger partial charge in [0.2, 0.25) is 0 Å². The molecule has 7 nitrogen and oxygen atoms in total. The molecule has 1 aromatic heterocycles. The second-order valence-corrected chi connectivity index (χ2v) is 8.64. The molecule has 0 bridgehead atoms. The number of H-pyrrole nitrogens is 1. The molecule has 1 spiro atoms. The van der Waals surface area contributed by atoms with Crippen molar-refractivity contribution in [2.75, 3.05) is 32.7 Å². The van der Waals surface area contributed by atoms with Crippen LogP contribution in [0.25, 0.3) is 0 Å². The molecule has 4 heterocycles. The number of piperidine rings is 1. The Balaban J connectivity index is 1.40. The highest BCUT2D eigenvalue weighted by molar-refractivity contribution is 5.93. The number of alkyl halides is 2. The molecule has 4 N–H and O–H groups in total. The van der Waals surface area contributed by atoms with E-state index in [9.17, 15) is 8.78 Å². The van der Waals surface area contributed by atoms with Crippen molar-refractivity contribution < 1.29 is 13.5 Å². The largest absolute Gasteiger partial charge is 0.382 e. The fourth-order valence-electron chi connectivity index (χ4n) is 5.15. The molecule has 4 rings (SSSR count). The molecule has 3 saturated heterocycles. The summed E-state index contributed by atoms with van der Waals surface area (Å²) in [6.45, 7) is 2.02. The van der Waals surface area contributed by atoms with E-state index in [0.717, 1.165) is 18.5 Å². The van der Waals surface area contributed by atoms with E-state index in [0.29, 0.717) is 44.7 Å². The zero-order valence-electron chi connectivity index (χ0n) is 16.5. The van der Waals surface area contributed by atoms with Gasteiger partial charge in [0.25, 0.3) is 5.92 Å². The van der Waals surface area contributed by atoms with Crippen LogP contribution in [-0.2, 0) is 4.74 Å². The molecule has 2 atom stereocenters. The lowest BCUT2D eigenvalue weighted by Crippen LogP contribution is -2.53. The van der Waals surface area contributed by atoms with E-state index in [1.165, 1.54) is 0 Å². The first kappa shape index (κ1) is 20.3. The van der Waals surface area contributed by atoms with Gasteiger partial charge in [-0.05, 0) is 37.8 Å². The summed E-state index contributed by atoms with van der Waals surface area (Å²) in [7, 11) is 0. The summed E-state index contributed by atoms with van der Waals surface area (Å²) in [5.74, 6) is -2.69. The third kappa shape index (κ3) is 4.15. The maximum atomic E-state index is 14.4. The Morgan fingerprint density at radius 1 is 1.34 bits per heavy atom. The summed E-state index contributed by atoms with van der Waals surface area (Å²) in [5, 5.41) is 16.4. The maximum Gasteiger partial charge on any atom is 0.262 e. The molecule has 0 unspecified atom stereocenters. The van der Waals surface area contributed by atoms with E-state index >= 15 is 0 Å². The third-order valence-corrected chi connectivity index (χ3v) is 6.64. The maximum absolute atomic E-state index is 14.4. The number of nitrogen functional groups attached to an aromatic ring is 1. The summed E-state index contributed by atoms with van der Waals surface area (Å²) >= 11 is 0. The molecule has 3 fully saturated rings. The lowest BCUT2D eigenvalue weighted by atomic mass is 9.84. The number of aromatic nitrogens is 1. The van der Waals surface area contributed by atoms with Gasteiger partial charge in [-0.1, -0.05) is 0 Å². The first-order valence-corrected chi connectivity index (χ1v) is 10.2. The van der Waals surface area contributed by atoms with Gasteiger partial charge in [0.05, 0.1) is 37.1 Å². The lowest BCUT2D eigenvalue weighted by molar-refractivity contribution is -0.0157. The summed E-state index contributed by atoms with van der Waals surface area (Å²) in [4.78, 5) is 7.11. The van der Waals surface area contributed by atoms with E-state index in [1.54, 1.807) is 6.07 Å². The predicted octanol–water partition coefficient (Wildman–Crippen LogP) is 2.22. The molecule has 0 aliphatic carbocycles. The van der Waals surface area contributed by atoms with E-state index in [-0.39, 0.29) is 31.0 Å². The van der Waals surface area contributed by atoms with Crippen LogP contribution in [0.1, 0.15) is 49.6 Å². The molecule has 1 aromatic rings. The van der Waals surface area contributed by atoms with Crippen LogP contribution < -0.4 is 5.73 Å². The Kier molecular flexibility index (Phi) is 5.36. The zero-order valence-corrected chi connectivity index (χ0v) is 16.5. The van der Waals surface area contributed by atoms with Gasteiger partial charge in [0, 0.05) is 37.3 Å². The van der Waals surface area contributed by atoms with Gasteiger partial charge >= 0.3 is 0 Å². The Morgan fingerprint density at radius 3 is 2.76 bits per heavy atom. The average molecular weight is 406 g/mol. The molecule has 0 radical (unpaired) electrons. The molecule has 158 valence electrons. The van der Waals surface area contributed by atoms with E-state index in [2.05, 4.69) is 11.1 Å². The minimum Gasteiger partial charge on any atom is -0.382 e. The van der Waals surface area contributed by atoms with Crippen LogP contribution in [0.2, 0.25) is 0 Å². The topological polar surface area (TPSA) is 105 Å². The van der Waals surface area contributed by atoms with Crippen molar-refractivity contribution >= 4 is 5.84 Å². The second-order valence-electron chi connectivity index (χ2n) is 8.64. The van der Waals surface area contributed by atoms with E-state index in [4.69, 9.17) is 21.1 Å². The van der Waals surface area contributed by atoms with Crippen molar-refractivity contribution in [3.05, 3.63) is 23.5 Å². The number of nitrogens with zero attached hydrogens (tertiary/aromatic N) is 3. The van der Waals surface area contributed by atoms with Crippen molar-refractivity contribution in [1.29, 1.82) is 10.7 Å². The Hall–Kier alpha value is -2.02. The molecule has 3 aliphatic heterocycles. The first-order chi connectivity index (χ1) is 13.8. The second kappa shape index (κ2) is 7.67. The van der Waals surface area contributed by atoms with Gasteiger partial charge in [-0.25, -0.2) is 8.78 Å². The SMILES string of the molecule is N#CCN1CCC2(CC1)CC(F)(F)CN2C[C@@H]1CC[C@H](c2ccc(C(=N)N)[nH]2)O1. The fraction of sp³-hybridized carbons (Fsp3) is 0.700. The van der Waals surface area contributed by atoms with Crippen LogP contribution in [0, 0.1) is 16.7 Å². The number of likely N-dealkylation sites (tertiary alicyclic amines) is 2. The number of hydrogen-bond donors (Lipinski definition) is 3. The number of nitrogens with two attached hydrogens (primary N) is 1. The highest BCUT2D eigenvalue weighted by Crippen LogP contribution is 2.46. The quantitative estimate of drug-likeness (QED) is 0.395. The number of halogens is 2. The monoisotopic (exact) mass is 406 g/mol. The molecule has 0 amide bonds. The fourth-order valence-corrected chi connectivity index (χ4v) is 5.15. The molecule has 0 saturated carbocycles. The number of nitrogens with one attached hydrogen (secondary N) is 2. The highest BCUT2D eigenvalue weighted by Gasteiger charge is 2.55. The summed E-state index contributed by atoms with van der Waals surface area (Å²) < 4.78 is 34.9. The van der Waals surface area contributed by atoms with Gasteiger partial charge in [0.15, 0.2) is 0 Å². The zero-order chi connectivity index (χ0) is 20.6. The van der Waals surface area contributed by atoms with Crippen molar-refractivity contribution in [2.45, 2.75) is 55.8 Å². The normalized spacial score (nSPS) is 29.3. The minimum absolute atomic E-state index is 0.0187. The third-order valence-electron chi connectivity index (χ3n) is 6.64. The molecule has 9 heteroatoms. The Labute approximate surface area is 169 Å². The van der Waals surface area contributed by atoms with E-state index in [1.807, 2.05) is 15.9 Å². The highest BCUT2D eigenvalue weighted by atomic mass is 19.3. The number of hydrogen-bond acceptors (Lipinski definition) is 5. The predicted molar refractivity (Wildman–Crippen MR) is 104 cm³/mol. The molecular formula is C20H28F2N6O. The number of amidine groups is 1. The Morgan fingerprint density at radius 2 is 2.10 bits per heavy atom. The van der Waals surface area contributed by atoms with Crippen LogP contribution >= 0.6 is 0 Å². The van der Waals surface area contributed by atoms with E-state index < -0.39 is 11.5 Å². The van der Waals surface area contributed by atoms with Crippen molar-refractivity contribution in [3.8, 4) is 6.07 Å². The van der Waals surface area contributed by atoms with Crippen LogP contribution in [0.15, 0.2) is 12.1 Å². The van der Waals surface area contributed by atoms with Crippen LogP contribution in [0.5, 0.6) is 0 Å². The first-order valence-electron chi connectivity index (χ1n) is 10.2. The minimum atomic E-state index is -2.68. The summed E-state index contributed by atoms with van der Waals surface area (Å²) in [6, 6.07) is 5.79. The lowest BCUT2D eigenvalue weighted by Gasteiger charge is -2.44. The van der Waals surface area contributed by atoms with Crippen molar-refractivity contribution in [3.63, 3.8) is 0 Å². The van der Waals surface area contributed by atoms with Crippen LogP contribution in [0.3, 0.4) is 0 Å².